The lowest BCUT2D eigenvalue weighted by molar-refractivity contribution is 0.340. The second-order valence-corrected chi connectivity index (χ2v) is 5.81. The van der Waals surface area contributed by atoms with Gasteiger partial charge >= 0.3 is 0 Å². The van der Waals surface area contributed by atoms with Crippen LogP contribution in [0.2, 0.25) is 0 Å². The number of rotatable bonds is 7. The third kappa shape index (κ3) is 4.60. The van der Waals surface area contributed by atoms with Gasteiger partial charge in [-0.25, -0.2) is 0 Å². The van der Waals surface area contributed by atoms with Crippen molar-refractivity contribution >= 4 is 28.8 Å². The first-order valence-electron chi connectivity index (χ1n) is 8.38. The van der Waals surface area contributed by atoms with E-state index in [4.69, 9.17) is 4.74 Å². The molecule has 0 radical (unpaired) electrons. The van der Waals surface area contributed by atoms with Crippen LogP contribution in [0.15, 0.2) is 54.7 Å². The van der Waals surface area contributed by atoms with Crippen molar-refractivity contribution in [2.45, 2.75) is 6.92 Å². The zero-order valence-corrected chi connectivity index (χ0v) is 15.1. The van der Waals surface area contributed by atoms with Crippen LogP contribution in [0, 0.1) is 0 Å². The van der Waals surface area contributed by atoms with Gasteiger partial charge in [0.25, 0.3) is 0 Å². The van der Waals surface area contributed by atoms with E-state index in [0.717, 1.165) is 22.8 Å². The number of nitrogens with one attached hydrogen (secondary N) is 2. The fourth-order valence-corrected chi connectivity index (χ4v) is 2.34. The number of hydrogen-bond acceptors (Lipinski definition) is 7. The van der Waals surface area contributed by atoms with Gasteiger partial charge < -0.3 is 20.3 Å². The first-order chi connectivity index (χ1) is 12.6. The molecule has 7 heteroatoms. The Morgan fingerprint density at radius 3 is 2.23 bits per heavy atom. The Labute approximate surface area is 153 Å². The average Bonchev–Trinajstić information content (AvgIpc) is 2.64. The molecule has 0 atom stereocenters. The summed E-state index contributed by atoms with van der Waals surface area (Å²) in [5, 5.41) is 14.4. The van der Waals surface area contributed by atoms with Gasteiger partial charge in [-0.05, 0) is 55.5 Å². The van der Waals surface area contributed by atoms with Crippen LogP contribution in [-0.4, -0.2) is 35.9 Å². The molecule has 2 aromatic carbocycles. The number of nitrogens with zero attached hydrogens (tertiary/aromatic N) is 4. The van der Waals surface area contributed by atoms with Gasteiger partial charge in [0.05, 0.1) is 12.8 Å². The van der Waals surface area contributed by atoms with Gasteiger partial charge in [-0.3, -0.25) is 0 Å². The van der Waals surface area contributed by atoms with Crippen molar-refractivity contribution in [1.29, 1.82) is 0 Å². The van der Waals surface area contributed by atoms with E-state index in [1.807, 2.05) is 69.6 Å². The number of ether oxygens (including phenoxy) is 1. The predicted molar refractivity (Wildman–Crippen MR) is 105 cm³/mol. The van der Waals surface area contributed by atoms with Gasteiger partial charge in [0.2, 0.25) is 5.95 Å². The second-order valence-electron chi connectivity index (χ2n) is 5.81. The maximum absolute atomic E-state index is 5.44. The fourth-order valence-electron chi connectivity index (χ4n) is 2.34. The predicted octanol–water partition coefficient (Wildman–Crippen LogP) is 3.82. The molecule has 0 fully saturated rings. The summed E-state index contributed by atoms with van der Waals surface area (Å²) >= 11 is 0. The molecule has 0 unspecified atom stereocenters. The first kappa shape index (κ1) is 17.5. The molecular weight excluding hydrogens is 328 g/mol. The minimum Gasteiger partial charge on any atom is -0.494 e. The summed E-state index contributed by atoms with van der Waals surface area (Å²) in [6, 6.07) is 15.7. The number of anilines is 5. The summed E-state index contributed by atoms with van der Waals surface area (Å²) in [7, 11) is 4.02. The molecule has 1 heterocycles. The number of aromatic nitrogens is 3. The van der Waals surface area contributed by atoms with Crippen LogP contribution in [0.25, 0.3) is 0 Å². The van der Waals surface area contributed by atoms with Crippen LogP contribution in [-0.2, 0) is 0 Å². The van der Waals surface area contributed by atoms with E-state index in [1.165, 1.54) is 0 Å². The van der Waals surface area contributed by atoms with Gasteiger partial charge in [0.15, 0.2) is 5.82 Å². The standard InChI is InChI=1S/C19H22N6O/c1-4-26-17-11-7-15(8-12-17)22-19-23-18(13-20-24-19)21-14-5-9-16(10-6-14)25(2)3/h5-13H,4H2,1-3H3,(H2,21,22,23,24). The first-order valence-corrected chi connectivity index (χ1v) is 8.38. The van der Waals surface area contributed by atoms with E-state index in [-0.39, 0.29) is 0 Å². The summed E-state index contributed by atoms with van der Waals surface area (Å²) in [6.07, 6.45) is 1.59. The van der Waals surface area contributed by atoms with Crippen LogP contribution >= 0.6 is 0 Å². The molecule has 1 aromatic heterocycles. The molecule has 26 heavy (non-hydrogen) atoms. The summed E-state index contributed by atoms with van der Waals surface area (Å²) in [6.45, 7) is 2.60. The maximum atomic E-state index is 5.44. The Hall–Kier alpha value is -3.35. The van der Waals surface area contributed by atoms with Gasteiger partial charge in [0, 0.05) is 31.2 Å². The van der Waals surface area contributed by atoms with Gasteiger partial charge in [0.1, 0.15) is 5.75 Å². The van der Waals surface area contributed by atoms with Crippen molar-refractivity contribution in [3.8, 4) is 5.75 Å². The Morgan fingerprint density at radius 2 is 1.58 bits per heavy atom. The molecule has 0 aliphatic rings. The summed E-state index contributed by atoms with van der Waals surface area (Å²) < 4.78 is 5.44. The Balaban J connectivity index is 1.67. The molecular formula is C19H22N6O. The highest BCUT2D eigenvalue weighted by molar-refractivity contribution is 5.61. The smallest absolute Gasteiger partial charge is 0.249 e. The monoisotopic (exact) mass is 350 g/mol. The van der Waals surface area contributed by atoms with Crippen LogP contribution in [0.4, 0.5) is 28.8 Å². The fraction of sp³-hybridized carbons (Fsp3) is 0.211. The van der Waals surface area contributed by atoms with Crippen molar-refractivity contribution in [1.82, 2.24) is 15.2 Å². The number of hydrogen-bond donors (Lipinski definition) is 2. The van der Waals surface area contributed by atoms with E-state index in [2.05, 4.69) is 30.7 Å². The number of benzene rings is 2. The van der Waals surface area contributed by atoms with Crippen molar-refractivity contribution < 1.29 is 4.74 Å². The Bertz CT molecular complexity index is 833. The van der Waals surface area contributed by atoms with E-state index >= 15 is 0 Å². The minimum atomic E-state index is 0.420. The molecule has 0 aliphatic heterocycles. The van der Waals surface area contributed by atoms with Crippen molar-refractivity contribution in [3.05, 3.63) is 54.7 Å². The third-order valence-electron chi connectivity index (χ3n) is 3.64. The SMILES string of the molecule is CCOc1ccc(Nc2nncc(Nc3ccc(N(C)C)cc3)n2)cc1. The van der Waals surface area contributed by atoms with Crippen molar-refractivity contribution in [3.63, 3.8) is 0 Å². The minimum absolute atomic E-state index is 0.420. The topological polar surface area (TPSA) is 75.2 Å². The molecule has 0 aliphatic carbocycles. The zero-order valence-electron chi connectivity index (χ0n) is 15.1. The van der Waals surface area contributed by atoms with Crippen LogP contribution in [0.5, 0.6) is 5.75 Å². The lowest BCUT2D eigenvalue weighted by Crippen LogP contribution is -2.08. The maximum Gasteiger partial charge on any atom is 0.249 e. The van der Waals surface area contributed by atoms with Crippen molar-refractivity contribution in [2.75, 3.05) is 36.2 Å². The van der Waals surface area contributed by atoms with Crippen LogP contribution in [0.3, 0.4) is 0 Å². The lowest BCUT2D eigenvalue weighted by atomic mass is 10.2. The molecule has 3 rings (SSSR count). The molecule has 134 valence electrons. The zero-order chi connectivity index (χ0) is 18.4. The molecule has 0 spiro atoms. The molecule has 7 nitrogen and oxygen atoms in total. The summed E-state index contributed by atoms with van der Waals surface area (Å²) in [4.78, 5) is 6.49. The molecule has 2 N–H and O–H groups in total. The molecule has 3 aromatic rings. The Morgan fingerprint density at radius 1 is 0.923 bits per heavy atom. The van der Waals surface area contributed by atoms with Gasteiger partial charge in [-0.2, -0.15) is 10.1 Å². The van der Waals surface area contributed by atoms with E-state index in [0.29, 0.717) is 18.4 Å². The van der Waals surface area contributed by atoms with Crippen LogP contribution in [0.1, 0.15) is 6.92 Å². The highest BCUT2D eigenvalue weighted by Gasteiger charge is 2.03. The van der Waals surface area contributed by atoms with E-state index in [9.17, 15) is 0 Å². The van der Waals surface area contributed by atoms with Crippen molar-refractivity contribution in [2.24, 2.45) is 0 Å². The summed E-state index contributed by atoms with van der Waals surface area (Å²) in [5.74, 6) is 1.86. The second kappa shape index (κ2) is 8.15. The summed E-state index contributed by atoms with van der Waals surface area (Å²) in [5.41, 5.74) is 2.93. The molecule has 0 saturated carbocycles. The largest absolute Gasteiger partial charge is 0.494 e. The molecule has 0 bridgehead atoms. The quantitative estimate of drug-likeness (QED) is 0.671. The highest BCUT2D eigenvalue weighted by Crippen LogP contribution is 2.21. The van der Waals surface area contributed by atoms with E-state index in [1.54, 1.807) is 6.20 Å². The lowest BCUT2D eigenvalue weighted by Gasteiger charge is -2.13. The van der Waals surface area contributed by atoms with E-state index < -0.39 is 0 Å². The average molecular weight is 350 g/mol. The highest BCUT2D eigenvalue weighted by atomic mass is 16.5. The molecule has 0 amide bonds. The van der Waals surface area contributed by atoms with Crippen LogP contribution < -0.4 is 20.3 Å². The normalized spacial score (nSPS) is 10.3. The third-order valence-corrected chi connectivity index (χ3v) is 3.64. The van der Waals surface area contributed by atoms with Gasteiger partial charge in [-0.1, -0.05) is 0 Å². The van der Waals surface area contributed by atoms with Gasteiger partial charge in [-0.15, -0.1) is 5.10 Å². The molecule has 0 saturated heterocycles. The Kier molecular flexibility index (Phi) is 5.48.